The van der Waals surface area contributed by atoms with Crippen molar-refractivity contribution in [2.24, 2.45) is 0 Å². The topological polar surface area (TPSA) is 51.5 Å². The van der Waals surface area contributed by atoms with Crippen LogP contribution in [0.25, 0.3) is 0 Å². The Hall–Kier alpha value is -2.67. The summed E-state index contributed by atoms with van der Waals surface area (Å²) in [5, 5.41) is 2.70. The van der Waals surface area contributed by atoms with Gasteiger partial charge < -0.3 is 14.5 Å². The predicted octanol–water partition coefficient (Wildman–Crippen LogP) is 2.54. The van der Waals surface area contributed by atoms with Gasteiger partial charge >= 0.3 is 0 Å². The second kappa shape index (κ2) is 5.60. The molecule has 2 rings (SSSR count). The van der Waals surface area contributed by atoms with Gasteiger partial charge in [-0.1, -0.05) is 5.92 Å². The zero-order valence-electron chi connectivity index (χ0n) is 9.55. The summed E-state index contributed by atoms with van der Waals surface area (Å²) in [6.45, 7) is 0.220. The molecule has 1 heterocycles. The van der Waals surface area contributed by atoms with E-state index in [1.54, 1.807) is 36.4 Å². The first-order chi connectivity index (χ1) is 8.79. The molecule has 0 aliphatic heterocycles. The highest BCUT2D eigenvalue weighted by Crippen LogP contribution is 2.16. The van der Waals surface area contributed by atoms with Crippen LogP contribution in [0.15, 0.2) is 47.1 Å². The Kier molecular flexibility index (Phi) is 3.67. The Morgan fingerprint density at radius 2 is 2.11 bits per heavy atom. The summed E-state index contributed by atoms with van der Waals surface area (Å²) in [5.74, 6) is 3.01. The average Bonchev–Trinajstić information content (AvgIpc) is 2.92. The molecule has 0 bridgehead atoms. The van der Waals surface area contributed by atoms with Gasteiger partial charge in [0.25, 0.3) is 5.91 Å². The highest BCUT2D eigenvalue weighted by atomic mass is 16.5. The molecule has 1 N–H and O–H groups in total. The van der Waals surface area contributed by atoms with E-state index in [9.17, 15) is 4.79 Å². The van der Waals surface area contributed by atoms with E-state index in [0.717, 1.165) is 0 Å². The Morgan fingerprint density at radius 1 is 1.33 bits per heavy atom. The number of furan rings is 1. The molecule has 1 amide bonds. The molecule has 2 aromatic rings. The van der Waals surface area contributed by atoms with Crippen LogP contribution in [0.3, 0.4) is 0 Å². The van der Waals surface area contributed by atoms with E-state index in [4.69, 9.17) is 15.6 Å². The van der Waals surface area contributed by atoms with Crippen LogP contribution < -0.4 is 10.1 Å². The molecule has 1 aromatic carbocycles. The summed E-state index contributed by atoms with van der Waals surface area (Å²) in [6, 6.07) is 10.2. The molecule has 0 saturated carbocycles. The molecule has 1 aromatic heterocycles. The fourth-order valence-corrected chi connectivity index (χ4v) is 1.36. The molecule has 0 saturated heterocycles. The maximum Gasteiger partial charge on any atom is 0.291 e. The minimum absolute atomic E-state index is 0.220. The van der Waals surface area contributed by atoms with Gasteiger partial charge in [0.2, 0.25) is 0 Å². The molecule has 0 atom stereocenters. The lowest BCUT2D eigenvalue weighted by Crippen LogP contribution is -2.10. The highest BCUT2D eigenvalue weighted by molar-refractivity contribution is 6.02. The quantitative estimate of drug-likeness (QED) is 0.837. The molecular formula is C14H11NO3. The SMILES string of the molecule is C#CCOc1ccc(NC(=O)c2ccco2)cc1. The van der Waals surface area contributed by atoms with Crippen LogP contribution in [0.2, 0.25) is 0 Å². The third kappa shape index (κ3) is 2.92. The number of hydrogen-bond donors (Lipinski definition) is 1. The summed E-state index contributed by atoms with van der Waals surface area (Å²) >= 11 is 0. The van der Waals surface area contributed by atoms with Crippen molar-refractivity contribution >= 4 is 11.6 Å². The lowest BCUT2D eigenvalue weighted by atomic mass is 10.3. The Bertz CT molecular complexity index is 550. The van der Waals surface area contributed by atoms with E-state index in [1.165, 1.54) is 6.26 Å². The third-order valence-corrected chi connectivity index (χ3v) is 2.18. The predicted molar refractivity (Wildman–Crippen MR) is 67.4 cm³/mol. The Morgan fingerprint density at radius 3 is 2.72 bits per heavy atom. The van der Waals surface area contributed by atoms with E-state index in [0.29, 0.717) is 11.4 Å². The molecule has 90 valence electrons. The smallest absolute Gasteiger partial charge is 0.291 e. The van der Waals surface area contributed by atoms with Crippen LogP contribution in [-0.4, -0.2) is 12.5 Å². The van der Waals surface area contributed by atoms with Crippen LogP contribution >= 0.6 is 0 Å². The van der Waals surface area contributed by atoms with Crippen molar-refractivity contribution in [2.45, 2.75) is 0 Å². The largest absolute Gasteiger partial charge is 0.481 e. The summed E-state index contributed by atoms with van der Waals surface area (Å²) in [7, 11) is 0. The molecule has 4 nitrogen and oxygen atoms in total. The average molecular weight is 241 g/mol. The standard InChI is InChI=1S/C14H11NO3/c1-2-9-17-12-7-5-11(6-8-12)15-14(16)13-4-3-10-18-13/h1,3-8,10H,9H2,(H,15,16). The molecule has 0 fully saturated rings. The van der Waals surface area contributed by atoms with Gasteiger partial charge in [0, 0.05) is 5.69 Å². The zero-order valence-corrected chi connectivity index (χ0v) is 9.55. The van der Waals surface area contributed by atoms with Crippen molar-refractivity contribution in [1.29, 1.82) is 0 Å². The number of rotatable bonds is 4. The van der Waals surface area contributed by atoms with Gasteiger partial charge in [-0.3, -0.25) is 4.79 Å². The summed E-state index contributed by atoms with van der Waals surface area (Å²) < 4.78 is 10.2. The van der Waals surface area contributed by atoms with Crippen LogP contribution in [0.1, 0.15) is 10.6 Å². The van der Waals surface area contributed by atoms with Crippen LogP contribution in [0.4, 0.5) is 5.69 Å². The van der Waals surface area contributed by atoms with Gasteiger partial charge in [-0.25, -0.2) is 0 Å². The lowest BCUT2D eigenvalue weighted by molar-refractivity contribution is 0.0996. The number of carbonyl (C=O) groups excluding carboxylic acids is 1. The second-order valence-corrected chi connectivity index (χ2v) is 3.45. The summed E-state index contributed by atoms with van der Waals surface area (Å²) in [6.07, 6.45) is 6.53. The first kappa shape index (κ1) is 11.8. The normalized spacial score (nSPS) is 9.50. The first-order valence-corrected chi connectivity index (χ1v) is 5.31. The molecule has 0 unspecified atom stereocenters. The van der Waals surface area contributed by atoms with E-state index in [2.05, 4.69) is 11.2 Å². The lowest BCUT2D eigenvalue weighted by Gasteiger charge is -2.05. The molecular weight excluding hydrogens is 230 g/mol. The molecule has 0 radical (unpaired) electrons. The van der Waals surface area contributed by atoms with Crippen LogP contribution in [0.5, 0.6) is 5.75 Å². The number of hydrogen-bond acceptors (Lipinski definition) is 3. The molecule has 0 aliphatic rings. The molecule has 0 aliphatic carbocycles. The van der Waals surface area contributed by atoms with Crippen molar-refractivity contribution in [3.8, 4) is 18.1 Å². The second-order valence-electron chi connectivity index (χ2n) is 3.45. The van der Waals surface area contributed by atoms with Crippen molar-refractivity contribution in [2.75, 3.05) is 11.9 Å². The monoisotopic (exact) mass is 241 g/mol. The van der Waals surface area contributed by atoms with E-state index < -0.39 is 0 Å². The summed E-state index contributed by atoms with van der Waals surface area (Å²) in [5.41, 5.74) is 0.657. The minimum Gasteiger partial charge on any atom is -0.481 e. The number of carbonyl (C=O) groups is 1. The molecule has 4 heteroatoms. The number of benzene rings is 1. The maximum atomic E-state index is 11.7. The summed E-state index contributed by atoms with van der Waals surface area (Å²) in [4.78, 5) is 11.7. The van der Waals surface area contributed by atoms with Gasteiger partial charge in [0.05, 0.1) is 6.26 Å². The van der Waals surface area contributed by atoms with Crippen LogP contribution in [-0.2, 0) is 0 Å². The highest BCUT2D eigenvalue weighted by Gasteiger charge is 2.08. The number of amides is 1. The Labute approximate surface area is 105 Å². The van der Waals surface area contributed by atoms with Crippen molar-refractivity contribution in [3.63, 3.8) is 0 Å². The van der Waals surface area contributed by atoms with Crippen molar-refractivity contribution in [1.82, 2.24) is 0 Å². The fraction of sp³-hybridized carbons (Fsp3) is 0.0714. The van der Waals surface area contributed by atoms with Crippen LogP contribution in [0, 0.1) is 12.3 Å². The van der Waals surface area contributed by atoms with E-state index >= 15 is 0 Å². The number of ether oxygens (including phenoxy) is 1. The van der Waals surface area contributed by atoms with Gasteiger partial charge in [-0.05, 0) is 36.4 Å². The maximum absolute atomic E-state index is 11.7. The number of nitrogens with one attached hydrogen (secondary N) is 1. The van der Waals surface area contributed by atoms with Crippen molar-refractivity contribution in [3.05, 3.63) is 48.4 Å². The number of anilines is 1. The molecule has 0 spiro atoms. The molecule has 18 heavy (non-hydrogen) atoms. The Balaban J connectivity index is 1.98. The van der Waals surface area contributed by atoms with E-state index in [1.807, 2.05) is 0 Å². The first-order valence-electron chi connectivity index (χ1n) is 5.31. The van der Waals surface area contributed by atoms with E-state index in [-0.39, 0.29) is 18.3 Å². The number of terminal acetylenes is 1. The zero-order chi connectivity index (χ0) is 12.8. The van der Waals surface area contributed by atoms with Crippen molar-refractivity contribution < 1.29 is 13.9 Å². The minimum atomic E-state index is -0.294. The van der Waals surface area contributed by atoms with Gasteiger partial charge in [-0.15, -0.1) is 6.42 Å². The van der Waals surface area contributed by atoms with Gasteiger partial charge in [0.1, 0.15) is 12.4 Å². The van der Waals surface area contributed by atoms with Gasteiger partial charge in [-0.2, -0.15) is 0 Å². The van der Waals surface area contributed by atoms with Gasteiger partial charge in [0.15, 0.2) is 5.76 Å². The fourth-order valence-electron chi connectivity index (χ4n) is 1.36. The third-order valence-electron chi connectivity index (χ3n) is 2.18.